The summed E-state index contributed by atoms with van der Waals surface area (Å²) in [5.74, 6) is 1.45. The summed E-state index contributed by atoms with van der Waals surface area (Å²) in [6.07, 6.45) is 6.73. The maximum Gasteiger partial charge on any atom is 0.163 e. The van der Waals surface area contributed by atoms with Crippen LogP contribution in [0.1, 0.15) is 18.5 Å². The van der Waals surface area contributed by atoms with Gasteiger partial charge in [-0.25, -0.2) is 19.6 Å². The van der Waals surface area contributed by atoms with E-state index in [9.17, 15) is 0 Å². The Morgan fingerprint density at radius 1 is 0.900 bits per heavy atom. The lowest BCUT2D eigenvalue weighted by atomic mass is 10.1. The first-order chi connectivity index (χ1) is 14.8. The highest BCUT2D eigenvalue weighted by Crippen LogP contribution is 2.28. The first kappa shape index (κ1) is 17.9. The predicted octanol–water partition coefficient (Wildman–Crippen LogP) is 4.45. The molecule has 2 aromatic carbocycles. The Morgan fingerprint density at radius 3 is 2.53 bits per heavy atom. The minimum Gasteiger partial charge on any atom is -0.363 e. The fraction of sp³-hybridized carbons (Fsp3) is 0.0870. The highest BCUT2D eigenvalue weighted by Gasteiger charge is 2.13. The summed E-state index contributed by atoms with van der Waals surface area (Å²) >= 11 is 0. The van der Waals surface area contributed by atoms with E-state index in [1.165, 1.54) is 6.33 Å². The lowest BCUT2D eigenvalue weighted by Gasteiger charge is -2.17. The Kier molecular flexibility index (Phi) is 4.61. The van der Waals surface area contributed by atoms with Gasteiger partial charge in [0.05, 0.1) is 11.2 Å². The van der Waals surface area contributed by atoms with Gasteiger partial charge in [0.1, 0.15) is 18.5 Å². The number of fused-ring (bicyclic) bond motifs is 1. The van der Waals surface area contributed by atoms with Gasteiger partial charge in [0.15, 0.2) is 5.82 Å². The zero-order valence-electron chi connectivity index (χ0n) is 16.3. The van der Waals surface area contributed by atoms with Crippen molar-refractivity contribution in [1.82, 2.24) is 29.7 Å². The summed E-state index contributed by atoms with van der Waals surface area (Å²) in [4.78, 5) is 17.7. The van der Waals surface area contributed by atoms with E-state index in [2.05, 4.69) is 39.4 Å². The van der Waals surface area contributed by atoms with Crippen molar-refractivity contribution in [1.29, 1.82) is 0 Å². The maximum absolute atomic E-state index is 4.81. The summed E-state index contributed by atoms with van der Waals surface area (Å²) < 4.78 is 1.74. The van der Waals surface area contributed by atoms with Crippen molar-refractivity contribution >= 4 is 16.7 Å². The molecule has 0 saturated carbocycles. The zero-order valence-corrected chi connectivity index (χ0v) is 16.3. The monoisotopic (exact) mass is 393 g/mol. The third-order valence-corrected chi connectivity index (χ3v) is 4.95. The molecule has 0 aliphatic carbocycles. The van der Waals surface area contributed by atoms with E-state index in [0.717, 1.165) is 33.5 Å². The largest absolute Gasteiger partial charge is 0.363 e. The van der Waals surface area contributed by atoms with Crippen LogP contribution in [0.15, 0.2) is 85.7 Å². The third-order valence-electron chi connectivity index (χ3n) is 4.95. The number of para-hydroxylation sites is 1. The van der Waals surface area contributed by atoms with Gasteiger partial charge in [-0.3, -0.25) is 4.98 Å². The number of hydrogen-bond donors (Lipinski definition) is 1. The van der Waals surface area contributed by atoms with E-state index in [0.29, 0.717) is 5.82 Å². The van der Waals surface area contributed by atoms with Crippen LogP contribution in [0.2, 0.25) is 0 Å². The second-order valence-corrected chi connectivity index (χ2v) is 6.95. The standard InChI is InChI=1S/C23H19N7/c1-16(17-8-10-19(11-9-17)30-15-25-14-26-30)27-23-20-6-2-3-7-21(20)28-22(29-23)18-5-4-12-24-13-18/h2-16H,1H3,(H,27,28,29). The molecule has 30 heavy (non-hydrogen) atoms. The maximum atomic E-state index is 4.81. The number of anilines is 1. The van der Waals surface area contributed by atoms with Crippen LogP contribution in [0.5, 0.6) is 0 Å². The van der Waals surface area contributed by atoms with Crippen LogP contribution in [0.4, 0.5) is 5.82 Å². The van der Waals surface area contributed by atoms with Crippen LogP contribution >= 0.6 is 0 Å². The molecule has 0 aliphatic heterocycles. The molecule has 1 atom stereocenters. The summed E-state index contributed by atoms with van der Waals surface area (Å²) in [6, 6.07) is 20.1. The van der Waals surface area contributed by atoms with Crippen molar-refractivity contribution < 1.29 is 0 Å². The molecule has 3 aromatic heterocycles. The molecule has 5 rings (SSSR count). The van der Waals surface area contributed by atoms with Crippen molar-refractivity contribution in [3.63, 3.8) is 0 Å². The van der Waals surface area contributed by atoms with Gasteiger partial charge in [0.25, 0.3) is 0 Å². The Morgan fingerprint density at radius 2 is 1.77 bits per heavy atom. The number of hydrogen-bond acceptors (Lipinski definition) is 6. The van der Waals surface area contributed by atoms with Crippen molar-refractivity contribution in [2.75, 3.05) is 5.32 Å². The lowest BCUT2D eigenvalue weighted by Crippen LogP contribution is -2.10. The summed E-state index contributed by atoms with van der Waals surface area (Å²) in [7, 11) is 0. The summed E-state index contributed by atoms with van der Waals surface area (Å²) in [5, 5.41) is 8.71. The quantitative estimate of drug-likeness (QED) is 0.475. The third kappa shape index (κ3) is 3.48. The highest BCUT2D eigenvalue weighted by molar-refractivity contribution is 5.90. The molecule has 1 N–H and O–H groups in total. The van der Waals surface area contributed by atoms with Crippen molar-refractivity contribution in [2.24, 2.45) is 0 Å². The van der Waals surface area contributed by atoms with Crippen LogP contribution in [0.3, 0.4) is 0 Å². The predicted molar refractivity (Wildman–Crippen MR) is 116 cm³/mol. The molecule has 146 valence electrons. The zero-order chi connectivity index (χ0) is 20.3. The van der Waals surface area contributed by atoms with Gasteiger partial charge in [0.2, 0.25) is 0 Å². The molecule has 0 saturated heterocycles. The molecule has 7 heteroatoms. The smallest absolute Gasteiger partial charge is 0.163 e. The minimum atomic E-state index is 0.0508. The van der Waals surface area contributed by atoms with Crippen LogP contribution < -0.4 is 5.32 Å². The topological polar surface area (TPSA) is 81.4 Å². The number of nitrogens with zero attached hydrogens (tertiary/aromatic N) is 6. The van der Waals surface area contributed by atoms with Crippen LogP contribution in [-0.4, -0.2) is 29.7 Å². The molecule has 7 nitrogen and oxygen atoms in total. The van der Waals surface area contributed by atoms with Crippen molar-refractivity contribution in [2.45, 2.75) is 13.0 Å². The molecular weight excluding hydrogens is 374 g/mol. The first-order valence-corrected chi connectivity index (χ1v) is 9.66. The second kappa shape index (κ2) is 7.71. The van der Waals surface area contributed by atoms with Gasteiger partial charge < -0.3 is 5.32 Å². The van der Waals surface area contributed by atoms with E-state index < -0.39 is 0 Å². The number of aromatic nitrogens is 6. The van der Waals surface area contributed by atoms with Gasteiger partial charge in [0, 0.05) is 29.4 Å². The Balaban J connectivity index is 1.48. The number of rotatable bonds is 5. The SMILES string of the molecule is CC(Nc1nc(-c2cccnc2)nc2ccccc12)c1ccc(-n2cncn2)cc1. The van der Waals surface area contributed by atoms with Gasteiger partial charge in [-0.1, -0.05) is 24.3 Å². The Labute approximate surface area is 173 Å². The average Bonchev–Trinajstić information content (AvgIpc) is 3.35. The molecule has 0 spiro atoms. The molecule has 0 bridgehead atoms. The van der Waals surface area contributed by atoms with Crippen molar-refractivity contribution in [3.8, 4) is 17.1 Å². The Hall–Kier alpha value is -4.13. The fourth-order valence-electron chi connectivity index (χ4n) is 3.36. The van der Waals surface area contributed by atoms with E-state index in [-0.39, 0.29) is 6.04 Å². The Bertz CT molecular complexity index is 1270. The van der Waals surface area contributed by atoms with Crippen LogP contribution in [-0.2, 0) is 0 Å². The fourth-order valence-corrected chi connectivity index (χ4v) is 3.36. The number of benzene rings is 2. The first-order valence-electron chi connectivity index (χ1n) is 9.66. The number of pyridine rings is 1. The lowest BCUT2D eigenvalue weighted by molar-refractivity contribution is 0.859. The molecular formula is C23H19N7. The summed E-state index contributed by atoms with van der Waals surface area (Å²) in [6.45, 7) is 2.12. The van der Waals surface area contributed by atoms with Gasteiger partial charge in [-0.15, -0.1) is 0 Å². The molecule has 0 amide bonds. The van der Waals surface area contributed by atoms with E-state index in [1.807, 2.05) is 48.5 Å². The van der Waals surface area contributed by atoms with Gasteiger partial charge in [-0.2, -0.15) is 5.10 Å². The molecule has 0 aliphatic rings. The molecule has 0 fully saturated rings. The van der Waals surface area contributed by atoms with Gasteiger partial charge >= 0.3 is 0 Å². The van der Waals surface area contributed by atoms with Crippen molar-refractivity contribution in [3.05, 3.63) is 91.3 Å². The minimum absolute atomic E-state index is 0.0508. The number of nitrogens with one attached hydrogen (secondary N) is 1. The van der Waals surface area contributed by atoms with Crippen LogP contribution in [0, 0.1) is 0 Å². The van der Waals surface area contributed by atoms with E-state index >= 15 is 0 Å². The van der Waals surface area contributed by atoms with Crippen LogP contribution in [0.25, 0.3) is 28.0 Å². The molecule has 3 heterocycles. The van der Waals surface area contributed by atoms with Gasteiger partial charge in [-0.05, 0) is 48.9 Å². The van der Waals surface area contributed by atoms with E-state index in [4.69, 9.17) is 9.97 Å². The highest BCUT2D eigenvalue weighted by atomic mass is 15.3. The molecule has 5 aromatic rings. The molecule has 0 radical (unpaired) electrons. The normalized spacial score (nSPS) is 12.0. The summed E-state index contributed by atoms with van der Waals surface area (Å²) in [5.41, 5.74) is 3.89. The average molecular weight is 393 g/mol. The molecule has 1 unspecified atom stereocenters. The van der Waals surface area contributed by atoms with E-state index in [1.54, 1.807) is 23.4 Å². The second-order valence-electron chi connectivity index (χ2n) is 6.95.